The Labute approximate surface area is 174 Å². The van der Waals surface area contributed by atoms with Gasteiger partial charge in [0.25, 0.3) is 5.91 Å². The molecule has 0 spiro atoms. The van der Waals surface area contributed by atoms with Crippen LogP contribution in [-0.2, 0) is 6.54 Å². The summed E-state index contributed by atoms with van der Waals surface area (Å²) < 4.78 is 3.57. The fraction of sp³-hybridized carbons (Fsp3) is 0.318. The molecule has 8 heteroatoms. The van der Waals surface area contributed by atoms with E-state index in [1.165, 1.54) is 0 Å². The van der Waals surface area contributed by atoms with Gasteiger partial charge in [-0.25, -0.2) is 9.97 Å². The predicted molar refractivity (Wildman–Crippen MR) is 113 cm³/mol. The average molecular weight is 401 g/mol. The highest BCUT2D eigenvalue weighted by atomic mass is 16.1. The lowest BCUT2D eigenvalue weighted by atomic mass is 10.1. The summed E-state index contributed by atoms with van der Waals surface area (Å²) in [7, 11) is 0. The minimum Gasteiger partial charge on any atom is -0.350 e. The maximum absolute atomic E-state index is 13.1. The lowest BCUT2D eigenvalue weighted by molar-refractivity contribution is 0.0953. The third kappa shape index (κ3) is 3.45. The highest BCUT2D eigenvalue weighted by molar-refractivity contribution is 6.06. The van der Waals surface area contributed by atoms with E-state index >= 15 is 0 Å². The third-order valence-corrected chi connectivity index (χ3v) is 5.33. The first-order valence-electron chi connectivity index (χ1n) is 10.2. The Morgan fingerprint density at radius 3 is 2.83 bits per heavy atom. The highest BCUT2D eigenvalue weighted by Crippen LogP contribution is 2.40. The first-order chi connectivity index (χ1) is 14.6. The summed E-state index contributed by atoms with van der Waals surface area (Å²) in [5.74, 6) is 0.994. The molecule has 4 heterocycles. The Morgan fingerprint density at radius 2 is 2.13 bits per heavy atom. The lowest BCUT2D eigenvalue weighted by Crippen LogP contribution is -2.27. The van der Waals surface area contributed by atoms with Crippen LogP contribution < -0.4 is 5.32 Å². The number of hydrogen-bond acceptors (Lipinski definition) is 5. The topological polar surface area (TPSA) is 90.5 Å². The SMILES string of the molecule is Cc1cnn(CCNC(=O)c2cc(C3CC3)nc3c2c(C)nn3-c2ccccn2)c1. The Hall–Kier alpha value is -3.55. The van der Waals surface area contributed by atoms with Crippen LogP contribution in [0, 0.1) is 13.8 Å². The molecule has 4 aromatic rings. The molecule has 0 atom stereocenters. The van der Waals surface area contributed by atoms with Gasteiger partial charge in [0.15, 0.2) is 11.5 Å². The second-order valence-electron chi connectivity index (χ2n) is 7.79. The fourth-order valence-electron chi connectivity index (χ4n) is 3.68. The largest absolute Gasteiger partial charge is 0.350 e. The Balaban J connectivity index is 1.50. The van der Waals surface area contributed by atoms with Gasteiger partial charge >= 0.3 is 0 Å². The van der Waals surface area contributed by atoms with E-state index in [2.05, 4.69) is 20.5 Å². The average Bonchev–Trinajstić information content (AvgIpc) is 3.45. The Kier molecular flexibility index (Phi) is 4.54. The summed E-state index contributed by atoms with van der Waals surface area (Å²) in [6.07, 6.45) is 7.71. The fourth-order valence-corrected chi connectivity index (χ4v) is 3.68. The van der Waals surface area contributed by atoms with Gasteiger partial charge < -0.3 is 5.32 Å². The van der Waals surface area contributed by atoms with Crippen LogP contribution in [0.1, 0.15) is 46.1 Å². The van der Waals surface area contributed by atoms with E-state index in [9.17, 15) is 4.79 Å². The number of nitrogens with zero attached hydrogens (tertiary/aromatic N) is 6. The van der Waals surface area contributed by atoms with Crippen molar-refractivity contribution in [1.29, 1.82) is 0 Å². The lowest BCUT2D eigenvalue weighted by Gasteiger charge is -2.09. The van der Waals surface area contributed by atoms with Crippen molar-refractivity contribution in [2.75, 3.05) is 6.54 Å². The monoisotopic (exact) mass is 401 g/mol. The minimum atomic E-state index is -0.114. The summed E-state index contributed by atoms with van der Waals surface area (Å²) in [5.41, 5.74) is 4.12. The summed E-state index contributed by atoms with van der Waals surface area (Å²) in [5, 5.41) is 12.7. The molecule has 0 aromatic carbocycles. The van der Waals surface area contributed by atoms with Gasteiger partial charge in [0, 0.05) is 30.6 Å². The first-order valence-corrected chi connectivity index (χ1v) is 10.2. The van der Waals surface area contributed by atoms with Crippen LogP contribution in [0.3, 0.4) is 0 Å². The third-order valence-electron chi connectivity index (χ3n) is 5.33. The zero-order valence-corrected chi connectivity index (χ0v) is 17.0. The number of carbonyl (C=O) groups is 1. The van der Waals surface area contributed by atoms with Crippen molar-refractivity contribution in [2.24, 2.45) is 0 Å². The van der Waals surface area contributed by atoms with Gasteiger partial charge in [0.05, 0.1) is 29.4 Å². The van der Waals surface area contributed by atoms with Crippen LogP contribution in [0.5, 0.6) is 0 Å². The zero-order valence-electron chi connectivity index (χ0n) is 17.0. The summed E-state index contributed by atoms with van der Waals surface area (Å²) in [6, 6.07) is 7.61. The van der Waals surface area contributed by atoms with E-state index in [1.807, 2.05) is 55.2 Å². The molecule has 1 N–H and O–H groups in total. The second kappa shape index (κ2) is 7.37. The van der Waals surface area contributed by atoms with E-state index < -0.39 is 0 Å². The molecule has 5 rings (SSSR count). The number of nitrogens with one attached hydrogen (secondary N) is 1. The Morgan fingerprint density at radius 1 is 1.27 bits per heavy atom. The zero-order chi connectivity index (χ0) is 20.7. The van der Waals surface area contributed by atoms with Crippen molar-refractivity contribution in [3.63, 3.8) is 0 Å². The number of carbonyl (C=O) groups excluding carboxylic acids is 1. The number of fused-ring (bicyclic) bond motifs is 1. The van der Waals surface area contributed by atoms with Crippen LogP contribution in [0.4, 0.5) is 0 Å². The number of rotatable bonds is 6. The van der Waals surface area contributed by atoms with Crippen molar-refractivity contribution in [3.8, 4) is 5.82 Å². The van der Waals surface area contributed by atoms with Crippen molar-refractivity contribution >= 4 is 16.9 Å². The molecule has 1 aliphatic carbocycles. The molecule has 0 bridgehead atoms. The van der Waals surface area contributed by atoms with Crippen molar-refractivity contribution in [3.05, 3.63) is 65.4 Å². The van der Waals surface area contributed by atoms with Gasteiger partial charge in [-0.3, -0.25) is 9.48 Å². The van der Waals surface area contributed by atoms with Gasteiger partial charge in [0.2, 0.25) is 0 Å². The van der Waals surface area contributed by atoms with Crippen molar-refractivity contribution < 1.29 is 4.79 Å². The van der Waals surface area contributed by atoms with E-state index in [-0.39, 0.29) is 5.91 Å². The first kappa shape index (κ1) is 18.5. The van der Waals surface area contributed by atoms with Crippen LogP contribution in [0.15, 0.2) is 42.9 Å². The molecule has 0 saturated heterocycles. The minimum absolute atomic E-state index is 0.114. The second-order valence-corrected chi connectivity index (χ2v) is 7.79. The quantitative estimate of drug-likeness (QED) is 0.536. The van der Waals surface area contributed by atoms with Crippen LogP contribution in [0.25, 0.3) is 16.9 Å². The molecule has 0 aliphatic heterocycles. The van der Waals surface area contributed by atoms with Crippen LogP contribution >= 0.6 is 0 Å². The number of amides is 1. The molecule has 30 heavy (non-hydrogen) atoms. The molecule has 0 unspecified atom stereocenters. The van der Waals surface area contributed by atoms with Gasteiger partial charge in [-0.1, -0.05) is 6.07 Å². The smallest absolute Gasteiger partial charge is 0.252 e. The van der Waals surface area contributed by atoms with Gasteiger partial charge in [-0.15, -0.1) is 0 Å². The van der Waals surface area contributed by atoms with E-state index in [4.69, 9.17) is 4.98 Å². The van der Waals surface area contributed by atoms with Gasteiger partial charge in [-0.2, -0.15) is 14.9 Å². The number of pyridine rings is 2. The Bertz CT molecular complexity index is 1220. The molecule has 4 aromatic heterocycles. The molecule has 1 amide bonds. The van der Waals surface area contributed by atoms with Crippen LogP contribution in [0.2, 0.25) is 0 Å². The van der Waals surface area contributed by atoms with Gasteiger partial charge in [-0.05, 0) is 50.5 Å². The molecule has 1 aliphatic rings. The predicted octanol–water partition coefficient (Wildman–Crippen LogP) is 2.94. The normalized spacial score (nSPS) is 13.7. The van der Waals surface area contributed by atoms with Crippen molar-refractivity contribution in [2.45, 2.75) is 39.2 Å². The number of aryl methyl sites for hydroxylation is 2. The molecular weight excluding hydrogens is 378 g/mol. The molecule has 1 fully saturated rings. The molecule has 152 valence electrons. The number of aromatic nitrogens is 6. The summed E-state index contributed by atoms with van der Waals surface area (Å²) in [4.78, 5) is 22.4. The van der Waals surface area contributed by atoms with Gasteiger partial charge in [0.1, 0.15) is 0 Å². The standard InChI is InChI=1S/C22H23N7O/c1-14-12-25-28(13-14)10-9-24-22(30)17-11-18(16-6-7-16)26-21-20(17)15(2)27-29(21)19-5-3-4-8-23-19/h3-5,8,11-13,16H,6-7,9-10H2,1-2H3,(H,24,30). The highest BCUT2D eigenvalue weighted by Gasteiger charge is 2.29. The van der Waals surface area contributed by atoms with E-state index in [0.29, 0.717) is 36.0 Å². The maximum Gasteiger partial charge on any atom is 0.252 e. The van der Waals surface area contributed by atoms with Crippen molar-refractivity contribution in [1.82, 2.24) is 34.8 Å². The summed E-state index contributed by atoms with van der Waals surface area (Å²) >= 11 is 0. The van der Waals surface area contributed by atoms with Crippen LogP contribution in [-0.4, -0.2) is 42.0 Å². The number of hydrogen-bond donors (Lipinski definition) is 1. The van der Waals surface area contributed by atoms with E-state index in [1.54, 1.807) is 10.9 Å². The van der Waals surface area contributed by atoms with E-state index in [0.717, 1.165) is 35.2 Å². The molecular formula is C22H23N7O. The molecule has 0 radical (unpaired) electrons. The summed E-state index contributed by atoms with van der Waals surface area (Å²) in [6.45, 7) is 5.02. The maximum atomic E-state index is 13.1. The molecule has 8 nitrogen and oxygen atoms in total. The molecule has 1 saturated carbocycles.